The van der Waals surface area contributed by atoms with Crippen molar-refractivity contribution >= 4 is 22.1 Å². The van der Waals surface area contributed by atoms with Crippen molar-refractivity contribution in [2.45, 2.75) is 260 Å². The molecule has 0 spiro atoms. The summed E-state index contributed by atoms with van der Waals surface area (Å²) in [5.74, 6) is -1.79. The van der Waals surface area contributed by atoms with Crippen LogP contribution < -0.4 is 0 Å². The van der Waals surface area contributed by atoms with Gasteiger partial charge >= 0.3 is 11.9 Å². The highest BCUT2D eigenvalue weighted by Crippen LogP contribution is 2.18. The molecule has 0 atom stereocenters. The summed E-state index contributed by atoms with van der Waals surface area (Å²) in [7, 11) is -4.50. The Hall–Kier alpha value is -1.19. The van der Waals surface area contributed by atoms with Gasteiger partial charge in [-0.25, -0.2) is 8.42 Å². The van der Waals surface area contributed by atoms with E-state index in [2.05, 4.69) is 41.5 Å². The van der Waals surface area contributed by atoms with E-state index in [4.69, 9.17) is 9.47 Å². The standard InChI is InChI=1S/C31H60O7S.C16H36N/c1-3-5-7-9-11-13-15-17-19-21-23-25-29(32)37-31(27-28-39(34,35)36)38-30(33)26-24-22-20-18-16-14-12-10-8-6-4-2;1-5-9-13-17(14-10-6-2,15-11-7-3)16-12-8-4/h31H,3-28H2,1-2H3,(H,34,35,36);5-16H2,1-4H3/q;+1/p-1. The number of esters is 2. The topological polar surface area (TPSA) is 110 Å². The van der Waals surface area contributed by atoms with E-state index < -0.39 is 34.1 Å². The third kappa shape index (κ3) is 41.0. The van der Waals surface area contributed by atoms with Crippen LogP contribution in [-0.2, 0) is 29.2 Å². The summed E-state index contributed by atoms with van der Waals surface area (Å²) in [6.07, 6.45) is 35.4. The Balaban J connectivity index is 0. The Bertz CT molecular complexity index is 881. The first-order valence-corrected chi connectivity index (χ1v) is 25.8. The maximum absolute atomic E-state index is 12.2. The normalized spacial score (nSPS) is 11.8. The summed E-state index contributed by atoms with van der Waals surface area (Å²) in [4.78, 5) is 24.5. The second-order valence-corrected chi connectivity index (χ2v) is 18.2. The molecule has 0 aliphatic heterocycles. The Morgan fingerprint density at radius 2 is 0.679 bits per heavy atom. The number of carbonyl (C=O) groups is 2. The molecule has 0 saturated carbocycles. The summed E-state index contributed by atoms with van der Waals surface area (Å²) in [6.45, 7) is 19.5. The lowest BCUT2D eigenvalue weighted by Crippen LogP contribution is -2.50. The van der Waals surface area contributed by atoms with Crippen LogP contribution in [0.4, 0.5) is 0 Å². The molecule has 0 aromatic rings. The van der Waals surface area contributed by atoms with Crippen molar-refractivity contribution in [3.05, 3.63) is 0 Å². The Kier molecular flexibility index (Phi) is 42.6. The molecule has 0 aliphatic carbocycles. The highest BCUT2D eigenvalue weighted by atomic mass is 32.2. The number of hydrogen-bond acceptors (Lipinski definition) is 7. The van der Waals surface area contributed by atoms with E-state index in [0.717, 1.165) is 38.5 Å². The van der Waals surface area contributed by atoms with Crippen LogP contribution in [0, 0.1) is 0 Å². The van der Waals surface area contributed by atoms with Crippen LogP contribution in [0.5, 0.6) is 0 Å². The lowest BCUT2D eigenvalue weighted by atomic mass is 10.1. The molecular weight excluding hydrogens is 723 g/mol. The van der Waals surface area contributed by atoms with Gasteiger partial charge in [-0.3, -0.25) is 9.59 Å². The van der Waals surface area contributed by atoms with Gasteiger partial charge < -0.3 is 18.5 Å². The molecule has 0 aliphatic rings. The van der Waals surface area contributed by atoms with Crippen LogP contribution in [0.1, 0.15) is 253 Å². The minimum Gasteiger partial charge on any atom is -0.748 e. The number of quaternary nitrogens is 1. The van der Waals surface area contributed by atoms with Crippen molar-refractivity contribution < 1.29 is 36.5 Å². The molecule has 0 aromatic heterocycles. The summed E-state index contributed by atoms with van der Waals surface area (Å²) in [6, 6.07) is 0. The van der Waals surface area contributed by atoms with Gasteiger partial charge in [-0.1, -0.05) is 196 Å². The molecule has 8 nitrogen and oxygen atoms in total. The van der Waals surface area contributed by atoms with Crippen LogP contribution in [0.15, 0.2) is 0 Å². The Labute approximate surface area is 349 Å². The fourth-order valence-electron chi connectivity index (χ4n) is 7.31. The number of nitrogens with zero attached hydrogens (tertiary/aromatic N) is 1. The van der Waals surface area contributed by atoms with Gasteiger partial charge in [0.2, 0.25) is 6.29 Å². The second-order valence-electron chi connectivity index (χ2n) is 16.7. The fourth-order valence-corrected chi connectivity index (χ4v) is 7.79. The highest BCUT2D eigenvalue weighted by molar-refractivity contribution is 7.85. The zero-order chi connectivity index (χ0) is 42.0. The summed E-state index contributed by atoms with van der Waals surface area (Å²) in [5.41, 5.74) is 0. The van der Waals surface area contributed by atoms with Crippen molar-refractivity contribution in [1.82, 2.24) is 0 Å². The molecule has 0 bridgehead atoms. The van der Waals surface area contributed by atoms with E-state index in [0.29, 0.717) is 12.8 Å². The molecular formula is C47H95NO7S. The average molecular weight is 818 g/mol. The van der Waals surface area contributed by atoms with Crippen molar-refractivity contribution in [3.63, 3.8) is 0 Å². The maximum Gasteiger partial charge on any atom is 0.308 e. The van der Waals surface area contributed by atoms with Crippen LogP contribution in [0.3, 0.4) is 0 Å². The van der Waals surface area contributed by atoms with Crippen molar-refractivity contribution in [3.8, 4) is 0 Å². The molecule has 0 aromatic carbocycles. The van der Waals surface area contributed by atoms with Gasteiger partial charge in [0.05, 0.1) is 36.3 Å². The van der Waals surface area contributed by atoms with Crippen molar-refractivity contribution in [2.75, 3.05) is 31.9 Å². The van der Waals surface area contributed by atoms with Gasteiger partial charge in [-0.15, -0.1) is 0 Å². The van der Waals surface area contributed by atoms with Crippen LogP contribution in [-0.4, -0.2) is 67.6 Å². The number of hydrogen-bond donors (Lipinski definition) is 0. The maximum atomic E-state index is 12.2. The molecule has 0 heterocycles. The first-order chi connectivity index (χ1) is 27.0. The second kappa shape index (κ2) is 42.0. The lowest BCUT2D eigenvalue weighted by Gasteiger charge is -2.39. The van der Waals surface area contributed by atoms with Crippen molar-refractivity contribution in [1.29, 1.82) is 0 Å². The molecule has 9 heteroatoms. The van der Waals surface area contributed by atoms with Crippen LogP contribution in [0.2, 0.25) is 0 Å². The van der Waals surface area contributed by atoms with Gasteiger partial charge in [0.25, 0.3) is 0 Å². The largest absolute Gasteiger partial charge is 0.748 e. The zero-order valence-corrected chi connectivity index (χ0v) is 39.0. The van der Waals surface area contributed by atoms with Gasteiger partial charge in [0, 0.05) is 25.0 Å². The fraction of sp³-hybridized carbons (Fsp3) is 0.957. The third-order valence-electron chi connectivity index (χ3n) is 11.0. The lowest BCUT2D eigenvalue weighted by molar-refractivity contribution is -0.929. The first kappa shape index (κ1) is 56.9. The van der Waals surface area contributed by atoms with Gasteiger partial charge in [-0.05, 0) is 38.5 Å². The van der Waals surface area contributed by atoms with E-state index in [1.807, 2.05) is 0 Å². The number of rotatable bonds is 41. The summed E-state index contributed by atoms with van der Waals surface area (Å²) in [5, 5.41) is 0. The van der Waals surface area contributed by atoms with E-state index in [-0.39, 0.29) is 19.3 Å². The molecule has 0 amide bonds. The quantitative estimate of drug-likeness (QED) is 0.0199. The van der Waals surface area contributed by atoms with Gasteiger partial charge in [-0.2, -0.15) is 0 Å². The first-order valence-electron chi connectivity index (χ1n) is 24.2. The monoisotopic (exact) mass is 818 g/mol. The van der Waals surface area contributed by atoms with E-state index in [1.54, 1.807) is 0 Å². The molecule has 336 valence electrons. The zero-order valence-electron chi connectivity index (χ0n) is 38.2. The molecule has 0 fully saturated rings. The molecule has 0 unspecified atom stereocenters. The van der Waals surface area contributed by atoms with E-state index in [9.17, 15) is 22.6 Å². The minimum atomic E-state index is -4.50. The molecule has 0 rings (SSSR count). The van der Waals surface area contributed by atoms with E-state index in [1.165, 1.54) is 172 Å². The van der Waals surface area contributed by atoms with Gasteiger partial charge in [0.1, 0.15) is 0 Å². The Morgan fingerprint density at radius 1 is 0.429 bits per heavy atom. The molecule has 0 radical (unpaired) electrons. The number of ether oxygens (including phenoxy) is 2. The summed E-state index contributed by atoms with van der Waals surface area (Å²) < 4.78 is 45.0. The predicted octanol–water partition coefficient (Wildman–Crippen LogP) is 13.7. The van der Waals surface area contributed by atoms with Gasteiger partial charge in [0.15, 0.2) is 0 Å². The summed E-state index contributed by atoms with van der Waals surface area (Å²) >= 11 is 0. The molecule has 0 saturated heterocycles. The third-order valence-corrected chi connectivity index (χ3v) is 11.8. The van der Waals surface area contributed by atoms with Crippen LogP contribution in [0.25, 0.3) is 0 Å². The number of unbranched alkanes of at least 4 members (excludes halogenated alkanes) is 24. The SMILES string of the molecule is CCCCCCCCCCCCCC(=O)OC(CCS(=O)(=O)[O-])OC(=O)CCCCCCCCCCCCC.CCCC[N+](CCCC)(CCCC)CCCC. The minimum absolute atomic E-state index is 0.188. The molecule has 0 N–H and O–H groups in total. The predicted molar refractivity (Wildman–Crippen MR) is 237 cm³/mol. The van der Waals surface area contributed by atoms with E-state index >= 15 is 0 Å². The molecule has 56 heavy (non-hydrogen) atoms. The van der Waals surface area contributed by atoms with Crippen LogP contribution >= 0.6 is 0 Å². The number of carbonyl (C=O) groups excluding carboxylic acids is 2. The smallest absolute Gasteiger partial charge is 0.308 e. The highest BCUT2D eigenvalue weighted by Gasteiger charge is 2.25. The Morgan fingerprint density at radius 3 is 0.929 bits per heavy atom. The van der Waals surface area contributed by atoms with Crippen molar-refractivity contribution in [2.24, 2.45) is 0 Å². The average Bonchev–Trinajstić information content (AvgIpc) is 3.17.